The van der Waals surface area contributed by atoms with E-state index in [1.807, 2.05) is 6.92 Å². The van der Waals surface area contributed by atoms with Crippen LogP contribution in [0.25, 0.3) is 0 Å². The first kappa shape index (κ1) is 22.3. The van der Waals surface area contributed by atoms with Gasteiger partial charge >= 0.3 is 6.18 Å². The lowest BCUT2D eigenvalue weighted by atomic mass is 10.1. The lowest BCUT2D eigenvalue weighted by Crippen LogP contribution is -2.40. The zero-order valence-corrected chi connectivity index (χ0v) is 16.2. The van der Waals surface area contributed by atoms with Crippen LogP contribution in [0.3, 0.4) is 0 Å². The minimum absolute atomic E-state index is 0.0878. The third-order valence-electron chi connectivity index (χ3n) is 3.96. The lowest BCUT2D eigenvalue weighted by Gasteiger charge is -2.19. The topological polar surface area (TPSA) is 67.8 Å². The molecule has 10 heteroatoms. The molecule has 0 bridgehead atoms. The molecule has 0 aliphatic rings. The Hall–Kier alpha value is -3.04. The summed E-state index contributed by atoms with van der Waals surface area (Å²) in [7, 11) is 2.97. The van der Waals surface area contributed by atoms with E-state index in [0.717, 1.165) is 18.3 Å². The smallest absolute Gasteiger partial charge is 0.417 e. The molecule has 2 N–H and O–H groups in total. The van der Waals surface area contributed by atoms with Crippen LogP contribution >= 0.6 is 0 Å². The molecule has 0 aliphatic carbocycles. The van der Waals surface area contributed by atoms with Gasteiger partial charge in [0.1, 0.15) is 6.61 Å². The summed E-state index contributed by atoms with van der Waals surface area (Å²) < 4.78 is 61.6. The molecule has 0 radical (unpaired) electrons. The Bertz CT molecular complexity index is 826. The molecule has 0 saturated heterocycles. The predicted molar refractivity (Wildman–Crippen MR) is 101 cm³/mol. The molecule has 1 atom stereocenters. The van der Waals surface area contributed by atoms with Crippen molar-refractivity contribution >= 4 is 5.96 Å². The Morgan fingerprint density at radius 2 is 2.00 bits per heavy atom. The van der Waals surface area contributed by atoms with Crippen LogP contribution in [-0.2, 0) is 6.18 Å². The number of benzene rings is 1. The van der Waals surface area contributed by atoms with Crippen LogP contribution in [0, 0.1) is 5.82 Å². The number of aliphatic imine (C=N–C) groups is 1. The normalized spacial score (nSPS) is 13.0. The van der Waals surface area contributed by atoms with Crippen molar-refractivity contribution in [3.8, 4) is 11.6 Å². The molecule has 2 rings (SSSR count). The highest BCUT2D eigenvalue weighted by atomic mass is 19.4. The molecule has 0 fully saturated rings. The highest BCUT2D eigenvalue weighted by Gasteiger charge is 2.30. The van der Waals surface area contributed by atoms with Crippen LogP contribution in [0.5, 0.6) is 11.6 Å². The van der Waals surface area contributed by atoms with Gasteiger partial charge < -0.3 is 20.1 Å². The van der Waals surface area contributed by atoms with Gasteiger partial charge in [-0.2, -0.15) is 13.2 Å². The minimum Gasteiger partial charge on any atom is -0.494 e. The summed E-state index contributed by atoms with van der Waals surface area (Å²) in [5, 5.41) is 6.11. The van der Waals surface area contributed by atoms with E-state index in [0.29, 0.717) is 18.1 Å². The van der Waals surface area contributed by atoms with Gasteiger partial charge in [-0.1, -0.05) is 6.07 Å². The second-order valence-electron chi connectivity index (χ2n) is 5.99. The Labute approximate surface area is 166 Å². The summed E-state index contributed by atoms with van der Waals surface area (Å²) in [5.74, 6) is 0.249. The highest BCUT2D eigenvalue weighted by molar-refractivity contribution is 5.80. The van der Waals surface area contributed by atoms with Gasteiger partial charge in [0, 0.05) is 19.3 Å². The Morgan fingerprint density at radius 1 is 1.24 bits per heavy atom. The van der Waals surface area contributed by atoms with Gasteiger partial charge in [-0.3, -0.25) is 4.99 Å². The maximum absolute atomic E-state index is 13.8. The molecule has 6 nitrogen and oxygen atoms in total. The molecule has 158 valence electrons. The second-order valence-corrected chi connectivity index (χ2v) is 5.99. The van der Waals surface area contributed by atoms with E-state index in [4.69, 9.17) is 9.47 Å². The molecule has 0 saturated carbocycles. The third kappa shape index (κ3) is 6.51. The SMILES string of the molecule is CN=C(NCCOc1ccc(C(F)(F)F)cn1)NC(C)c1ccc(OC)c(F)c1. The monoisotopic (exact) mass is 414 g/mol. The van der Waals surface area contributed by atoms with Crippen LogP contribution in [-0.4, -0.2) is 38.3 Å². The summed E-state index contributed by atoms with van der Waals surface area (Å²) in [6, 6.07) is 6.50. The molecule has 0 spiro atoms. The Morgan fingerprint density at radius 3 is 2.55 bits per heavy atom. The van der Waals surface area contributed by atoms with Crippen molar-refractivity contribution in [1.29, 1.82) is 0 Å². The minimum atomic E-state index is -4.44. The van der Waals surface area contributed by atoms with Crippen LogP contribution in [0.15, 0.2) is 41.5 Å². The first-order valence-electron chi connectivity index (χ1n) is 8.71. The zero-order chi connectivity index (χ0) is 21.4. The van der Waals surface area contributed by atoms with Gasteiger partial charge in [-0.15, -0.1) is 0 Å². The largest absolute Gasteiger partial charge is 0.494 e. The molecule has 1 heterocycles. The molecule has 0 amide bonds. The third-order valence-corrected chi connectivity index (χ3v) is 3.96. The number of rotatable bonds is 7. The van der Waals surface area contributed by atoms with E-state index in [-0.39, 0.29) is 24.3 Å². The number of hydrogen-bond acceptors (Lipinski definition) is 4. The number of alkyl halides is 3. The van der Waals surface area contributed by atoms with Gasteiger partial charge in [0.05, 0.1) is 25.3 Å². The molecule has 0 aliphatic heterocycles. The summed E-state index contributed by atoms with van der Waals surface area (Å²) >= 11 is 0. The quantitative estimate of drug-likeness (QED) is 0.314. The molecule has 1 aromatic heterocycles. The maximum atomic E-state index is 13.8. The van der Waals surface area contributed by atoms with Gasteiger partial charge in [0.15, 0.2) is 17.5 Å². The fraction of sp³-hybridized carbons (Fsp3) is 0.368. The van der Waals surface area contributed by atoms with Gasteiger partial charge in [0.2, 0.25) is 5.88 Å². The lowest BCUT2D eigenvalue weighted by molar-refractivity contribution is -0.137. The van der Waals surface area contributed by atoms with E-state index in [9.17, 15) is 17.6 Å². The van der Waals surface area contributed by atoms with Gasteiger partial charge in [0.25, 0.3) is 0 Å². The van der Waals surface area contributed by atoms with E-state index in [2.05, 4.69) is 20.6 Å². The fourth-order valence-electron chi connectivity index (χ4n) is 2.39. The van der Waals surface area contributed by atoms with Crippen LogP contribution in [0.1, 0.15) is 24.1 Å². The van der Waals surface area contributed by atoms with Crippen molar-refractivity contribution in [3.63, 3.8) is 0 Å². The van der Waals surface area contributed by atoms with E-state index < -0.39 is 17.6 Å². The highest BCUT2D eigenvalue weighted by Crippen LogP contribution is 2.29. The summed E-state index contributed by atoms with van der Waals surface area (Å²) in [6.07, 6.45) is -3.71. The van der Waals surface area contributed by atoms with Crippen molar-refractivity contribution in [3.05, 3.63) is 53.5 Å². The summed E-state index contributed by atoms with van der Waals surface area (Å²) in [6.45, 7) is 2.33. The number of hydrogen-bond donors (Lipinski definition) is 2. The molecule has 1 aromatic carbocycles. The number of nitrogens with zero attached hydrogens (tertiary/aromatic N) is 2. The van der Waals surface area contributed by atoms with Gasteiger partial charge in [-0.05, 0) is 30.7 Å². The van der Waals surface area contributed by atoms with Crippen molar-refractivity contribution in [1.82, 2.24) is 15.6 Å². The molecule has 2 aromatic rings. The average Bonchev–Trinajstić information content (AvgIpc) is 2.69. The van der Waals surface area contributed by atoms with Crippen molar-refractivity contribution in [2.24, 2.45) is 4.99 Å². The molecular weight excluding hydrogens is 392 g/mol. The number of guanidine groups is 1. The van der Waals surface area contributed by atoms with Crippen LogP contribution < -0.4 is 20.1 Å². The van der Waals surface area contributed by atoms with E-state index in [1.165, 1.54) is 13.2 Å². The molecular formula is C19H22F4N4O2. The van der Waals surface area contributed by atoms with Crippen molar-refractivity contribution in [2.45, 2.75) is 19.1 Å². The first-order chi connectivity index (χ1) is 13.7. The standard InChI is InChI=1S/C19H22F4N4O2/c1-12(13-4-6-16(28-3)15(20)10-13)27-18(24-2)25-8-9-29-17-7-5-14(11-26-17)19(21,22)23/h4-7,10-12H,8-9H2,1-3H3,(H2,24,25,27). The Balaban J connectivity index is 1.81. The van der Waals surface area contributed by atoms with Crippen molar-refractivity contribution in [2.75, 3.05) is 27.3 Å². The van der Waals surface area contributed by atoms with Gasteiger partial charge in [-0.25, -0.2) is 9.37 Å². The fourth-order valence-corrected chi connectivity index (χ4v) is 2.39. The number of methoxy groups -OCH3 is 1. The summed E-state index contributed by atoms with van der Waals surface area (Å²) in [5.41, 5.74) is -0.131. The maximum Gasteiger partial charge on any atom is 0.417 e. The predicted octanol–water partition coefficient (Wildman–Crippen LogP) is 3.55. The molecule has 1 unspecified atom stereocenters. The molecule has 29 heavy (non-hydrogen) atoms. The number of nitrogens with one attached hydrogen (secondary N) is 2. The average molecular weight is 414 g/mol. The van der Waals surface area contributed by atoms with Crippen molar-refractivity contribution < 1.29 is 27.0 Å². The second kappa shape index (κ2) is 9.94. The summed E-state index contributed by atoms with van der Waals surface area (Å²) in [4.78, 5) is 7.70. The Kier molecular flexibility index (Phi) is 7.63. The number of halogens is 4. The number of ether oxygens (including phenoxy) is 2. The first-order valence-corrected chi connectivity index (χ1v) is 8.71. The van der Waals surface area contributed by atoms with Crippen LogP contribution in [0.4, 0.5) is 17.6 Å². The number of aromatic nitrogens is 1. The number of pyridine rings is 1. The zero-order valence-electron chi connectivity index (χ0n) is 16.2. The van der Waals surface area contributed by atoms with E-state index >= 15 is 0 Å². The van der Waals surface area contributed by atoms with E-state index in [1.54, 1.807) is 19.2 Å². The van der Waals surface area contributed by atoms with Crippen LogP contribution in [0.2, 0.25) is 0 Å².